The molecule has 0 amide bonds. The average molecular weight is 418 g/mol. The Morgan fingerprint density at radius 2 is 1.93 bits per heavy atom. The molecular weight excluding hydrogens is 402 g/mol. The van der Waals surface area contributed by atoms with Gasteiger partial charge in [-0.3, -0.25) is 14.8 Å². The molecule has 0 spiro atoms. The number of nitro groups is 1. The lowest BCUT2D eigenvalue weighted by Gasteiger charge is -2.13. The molecule has 0 fully saturated rings. The van der Waals surface area contributed by atoms with Gasteiger partial charge >= 0.3 is 11.7 Å². The predicted octanol–water partition coefficient (Wildman–Crippen LogP) is 3.25. The van der Waals surface area contributed by atoms with Crippen LogP contribution < -0.4 is 4.74 Å². The van der Waals surface area contributed by atoms with Crippen molar-refractivity contribution in [1.29, 1.82) is 0 Å². The van der Waals surface area contributed by atoms with E-state index in [1.165, 1.54) is 24.3 Å². The maximum atomic E-state index is 11.5. The molecule has 1 atom stereocenters. The lowest BCUT2D eigenvalue weighted by molar-refractivity contribution is -0.385. The fourth-order valence-corrected chi connectivity index (χ4v) is 2.78. The van der Waals surface area contributed by atoms with E-state index < -0.39 is 17.0 Å². The van der Waals surface area contributed by atoms with Crippen molar-refractivity contribution in [2.75, 3.05) is 6.61 Å². The predicted molar refractivity (Wildman–Crippen MR) is 104 cm³/mol. The summed E-state index contributed by atoms with van der Waals surface area (Å²) in [7, 11) is 0. The van der Waals surface area contributed by atoms with Crippen LogP contribution in [0.4, 0.5) is 5.69 Å². The van der Waals surface area contributed by atoms with Crippen molar-refractivity contribution in [1.82, 2.24) is 9.78 Å². The summed E-state index contributed by atoms with van der Waals surface area (Å²) in [4.78, 5) is 22.0. The van der Waals surface area contributed by atoms with E-state index in [1.807, 2.05) is 0 Å². The minimum atomic E-state index is -1.20. The number of aliphatic hydroxyl groups excluding tert-OH is 1. The van der Waals surface area contributed by atoms with E-state index >= 15 is 0 Å². The fourth-order valence-electron chi connectivity index (χ4n) is 2.66. The first-order chi connectivity index (χ1) is 13.8. The summed E-state index contributed by atoms with van der Waals surface area (Å²) in [6.07, 6.45) is -1.15. The summed E-state index contributed by atoms with van der Waals surface area (Å²) in [5.74, 6) is -1.19. The summed E-state index contributed by atoms with van der Waals surface area (Å²) in [6.45, 7) is -0.449. The van der Waals surface area contributed by atoms with Crippen LogP contribution in [0.3, 0.4) is 0 Å². The van der Waals surface area contributed by atoms with Crippen LogP contribution in [0.2, 0.25) is 5.02 Å². The van der Waals surface area contributed by atoms with Gasteiger partial charge in [-0.15, -0.1) is 0 Å². The number of carboxylic acids is 1. The Labute approximate surface area is 169 Å². The highest BCUT2D eigenvalue weighted by atomic mass is 35.5. The number of hydrogen-bond acceptors (Lipinski definition) is 6. The minimum absolute atomic E-state index is 0.0114. The van der Waals surface area contributed by atoms with E-state index in [0.717, 1.165) is 4.68 Å². The monoisotopic (exact) mass is 417 g/mol. The van der Waals surface area contributed by atoms with Crippen molar-refractivity contribution in [2.24, 2.45) is 0 Å². The van der Waals surface area contributed by atoms with Gasteiger partial charge in [0.25, 0.3) is 0 Å². The number of nitrogens with zero attached hydrogens (tertiary/aromatic N) is 3. The molecule has 0 aliphatic rings. The highest BCUT2D eigenvalue weighted by Gasteiger charge is 2.20. The van der Waals surface area contributed by atoms with E-state index in [9.17, 15) is 25.1 Å². The molecule has 0 bridgehead atoms. The van der Waals surface area contributed by atoms with Crippen LogP contribution in [-0.4, -0.2) is 43.6 Å². The number of ether oxygens (including phenoxy) is 1. The second kappa shape index (κ2) is 8.72. The molecule has 1 aromatic heterocycles. The standard InChI is InChI=1S/C19H16ClN3O6/c20-13-7-5-12(6-8-13)15-9-17(19(25)26)22(21-15)10-14(24)11-29-18-4-2-1-3-16(18)23(27)28/h1-9,14,24H,10-11H2,(H,25,26). The third kappa shape index (κ3) is 4.89. The molecule has 0 saturated carbocycles. The van der Waals surface area contributed by atoms with E-state index in [-0.39, 0.29) is 30.3 Å². The molecule has 0 aliphatic heterocycles. The first-order valence-electron chi connectivity index (χ1n) is 8.46. The van der Waals surface area contributed by atoms with Gasteiger partial charge in [0.15, 0.2) is 5.75 Å². The third-order valence-electron chi connectivity index (χ3n) is 4.02. The van der Waals surface area contributed by atoms with Crippen LogP contribution in [0.15, 0.2) is 54.6 Å². The van der Waals surface area contributed by atoms with Gasteiger partial charge in [-0.25, -0.2) is 4.79 Å². The number of hydrogen-bond donors (Lipinski definition) is 2. The van der Waals surface area contributed by atoms with Gasteiger partial charge < -0.3 is 14.9 Å². The van der Waals surface area contributed by atoms with Crippen LogP contribution in [0.25, 0.3) is 11.3 Å². The van der Waals surface area contributed by atoms with E-state index in [1.54, 1.807) is 30.3 Å². The molecule has 0 saturated heterocycles. The number of halogens is 1. The second-order valence-electron chi connectivity index (χ2n) is 6.10. The van der Waals surface area contributed by atoms with Gasteiger partial charge in [0.1, 0.15) is 18.4 Å². The number of para-hydroxylation sites is 2. The van der Waals surface area contributed by atoms with E-state index in [0.29, 0.717) is 16.3 Å². The molecule has 150 valence electrons. The normalized spacial score (nSPS) is 11.8. The van der Waals surface area contributed by atoms with Gasteiger partial charge in [-0.2, -0.15) is 5.10 Å². The highest BCUT2D eigenvalue weighted by molar-refractivity contribution is 6.30. The lowest BCUT2D eigenvalue weighted by atomic mass is 10.1. The number of carbonyl (C=O) groups is 1. The zero-order valence-corrected chi connectivity index (χ0v) is 15.7. The average Bonchev–Trinajstić information content (AvgIpc) is 3.11. The van der Waals surface area contributed by atoms with Crippen molar-refractivity contribution in [3.05, 3.63) is 75.4 Å². The first kappa shape index (κ1) is 20.3. The Morgan fingerprint density at radius 1 is 1.24 bits per heavy atom. The minimum Gasteiger partial charge on any atom is -0.484 e. The maximum Gasteiger partial charge on any atom is 0.354 e. The Bertz CT molecular complexity index is 1030. The SMILES string of the molecule is O=C(O)c1cc(-c2ccc(Cl)cc2)nn1CC(O)COc1ccccc1[N+](=O)[O-]. The third-order valence-corrected chi connectivity index (χ3v) is 4.27. The molecule has 0 aliphatic carbocycles. The molecule has 3 rings (SSSR count). The quantitative estimate of drug-likeness (QED) is 0.425. The van der Waals surface area contributed by atoms with Gasteiger partial charge in [-0.05, 0) is 24.3 Å². The maximum absolute atomic E-state index is 11.5. The van der Waals surface area contributed by atoms with Crippen LogP contribution in [-0.2, 0) is 6.54 Å². The smallest absolute Gasteiger partial charge is 0.354 e. The molecule has 9 nitrogen and oxygen atoms in total. The van der Waals surface area contributed by atoms with Crippen molar-refractivity contribution in [3.63, 3.8) is 0 Å². The first-order valence-corrected chi connectivity index (χ1v) is 8.84. The molecule has 1 unspecified atom stereocenters. The van der Waals surface area contributed by atoms with E-state index in [2.05, 4.69) is 5.10 Å². The Hall–Kier alpha value is -3.43. The fraction of sp³-hybridized carbons (Fsp3) is 0.158. The van der Waals surface area contributed by atoms with Gasteiger partial charge in [0.2, 0.25) is 0 Å². The zero-order valence-electron chi connectivity index (χ0n) is 14.9. The molecule has 2 aromatic carbocycles. The van der Waals surface area contributed by atoms with Crippen molar-refractivity contribution in [3.8, 4) is 17.0 Å². The van der Waals surface area contributed by atoms with Gasteiger partial charge in [0.05, 0.1) is 17.2 Å². The van der Waals surface area contributed by atoms with Crippen molar-refractivity contribution in [2.45, 2.75) is 12.6 Å². The largest absolute Gasteiger partial charge is 0.484 e. The molecule has 29 heavy (non-hydrogen) atoms. The topological polar surface area (TPSA) is 128 Å². The van der Waals surface area contributed by atoms with Crippen LogP contribution in [0.5, 0.6) is 5.75 Å². The number of rotatable bonds is 8. The summed E-state index contributed by atoms with van der Waals surface area (Å²) < 4.78 is 6.50. The molecular formula is C19H16ClN3O6. The summed E-state index contributed by atoms with van der Waals surface area (Å²) in [6, 6.07) is 13.9. The molecule has 3 aromatic rings. The van der Waals surface area contributed by atoms with Crippen molar-refractivity contribution >= 4 is 23.3 Å². The Balaban J connectivity index is 1.74. The Morgan fingerprint density at radius 3 is 2.59 bits per heavy atom. The number of aromatic nitrogens is 2. The highest BCUT2D eigenvalue weighted by Crippen LogP contribution is 2.26. The number of aliphatic hydroxyl groups is 1. The zero-order chi connectivity index (χ0) is 21.0. The summed E-state index contributed by atoms with van der Waals surface area (Å²) >= 11 is 5.86. The lowest BCUT2D eigenvalue weighted by Crippen LogP contribution is -2.26. The van der Waals surface area contributed by atoms with Gasteiger partial charge in [0, 0.05) is 16.7 Å². The van der Waals surface area contributed by atoms with Crippen LogP contribution in [0, 0.1) is 10.1 Å². The summed E-state index contributed by atoms with van der Waals surface area (Å²) in [5.41, 5.74) is 0.738. The van der Waals surface area contributed by atoms with Crippen molar-refractivity contribution < 1.29 is 24.7 Å². The number of carboxylic acid groups (broad SMARTS) is 1. The second-order valence-corrected chi connectivity index (χ2v) is 6.54. The Kier molecular flexibility index (Phi) is 6.10. The molecule has 1 heterocycles. The number of aromatic carboxylic acids is 1. The molecule has 0 radical (unpaired) electrons. The van der Waals surface area contributed by atoms with Crippen LogP contribution in [0.1, 0.15) is 10.5 Å². The van der Waals surface area contributed by atoms with Gasteiger partial charge in [-0.1, -0.05) is 35.9 Å². The molecule has 2 N–H and O–H groups in total. The number of nitro benzene ring substituents is 1. The van der Waals surface area contributed by atoms with E-state index in [4.69, 9.17) is 16.3 Å². The van der Waals surface area contributed by atoms with Crippen LogP contribution >= 0.6 is 11.6 Å². The summed E-state index contributed by atoms with van der Waals surface area (Å²) in [5, 5.41) is 35.5. The number of benzene rings is 2. The molecule has 10 heteroatoms.